The summed E-state index contributed by atoms with van der Waals surface area (Å²) in [5.41, 5.74) is 1.35. The lowest BCUT2D eigenvalue weighted by Crippen LogP contribution is -2.16. The summed E-state index contributed by atoms with van der Waals surface area (Å²) < 4.78 is 15.5. The second-order valence-corrected chi connectivity index (χ2v) is 6.36. The molecule has 3 aromatic rings. The fourth-order valence-corrected chi connectivity index (χ4v) is 3.58. The van der Waals surface area contributed by atoms with Crippen molar-refractivity contribution in [1.82, 2.24) is 4.57 Å². The number of nitro groups is 1. The van der Waals surface area contributed by atoms with E-state index in [4.69, 9.17) is 0 Å². The highest BCUT2D eigenvalue weighted by Crippen LogP contribution is 2.23. The maximum atomic E-state index is 12.9. The van der Waals surface area contributed by atoms with Crippen molar-refractivity contribution in [1.29, 1.82) is 0 Å². The van der Waals surface area contributed by atoms with Crippen LogP contribution in [-0.2, 0) is 17.8 Å². The lowest BCUT2D eigenvalue weighted by Gasteiger charge is -2.00. The number of aromatic nitrogens is 1. The number of amides is 1. The Labute approximate surface area is 146 Å². The van der Waals surface area contributed by atoms with Gasteiger partial charge >= 0.3 is 0 Å². The largest absolute Gasteiger partial charge is 0.316 e. The standard InChI is InChI=1S/C17H14FN3O3S/c1-2-20-14-10-13(21(23)24)7-8-15(14)25-17(20)19-16(22)9-11-3-5-12(18)6-4-11/h3-8,10H,2,9H2,1H3. The molecule has 0 aliphatic rings. The molecule has 1 heterocycles. The van der Waals surface area contributed by atoms with Crippen LogP contribution in [0.1, 0.15) is 12.5 Å². The lowest BCUT2D eigenvalue weighted by atomic mass is 10.1. The van der Waals surface area contributed by atoms with E-state index in [1.165, 1.54) is 35.6 Å². The maximum absolute atomic E-state index is 12.9. The van der Waals surface area contributed by atoms with Gasteiger partial charge in [0.15, 0.2) is 4.80 Å². The van der Waals surface area contributed by atoms with Crippen molar-refractivity contribution in [3.8, 4) is 0 Å². The number of nitrogens with zero attached hydrogens (tertiary/aromatic N) is 3. The Morgan fingerprint density at radius 2 is 2.00 bits per heavy atom. The number of carbonyl (C=O) groups excluding carboxylic acids is 1. The molecule has 0 bridgehead atoms. The van der Waals surface area contributed by atoms with E-state index in [0.29, 0.717) is 22.4 Å². The third-order valence-electron chi connectivity index (χ3n) is 3.68. The monoisotopic (exact) mass is 359 g/mol. The Bertz CT molecular complexity index is 1020. The first-order valence-electron chi connectivity index (χ1n) is 7.57. The van der Waals surface area contributed by atoms with Crippen LogP contribution in [0.15, 0.2) is 47.5 Å². The maximum Gasteiger partial charge on any atom is 0.271 e. The molecule has 2 aromatic carbocycles. The summed E-state index contributed by atoms with van der Waals surface area (Å²) >= 11 is 1.30. The van der Waals surface area contributed by atoms with Gasteiger partial charge in [-0.1, -0.05) is 23.5 Å². The van der Waals surface area contributed by atoms with Crippen LogP contribution in [0.4, 0.5) is 10.1 Å². The summed E-state index contributed by atoms with van der Waals surface area (Å²) in [5.74, 6) is -0.710. The van der Waals surface area contributed by atoms with Crippen molar-refractivity contribution >= 4 is 33.1 Å². The Kier molecular flexibility index (Phi) is 4.71. The third-order valence-corrected chi connectivity index (χ3v) is 4.74. The topological polar surface area (TPSA) is 77.5 Å². The molecule has 25 heavy (non-hydrogen) atoms. The van der Waals surface area contributed by atoms with Gasteiger partial charge in [-0.25, -0.2) is 4.39 Å². The molecule has 0 saturated carbocycles. The predicted molar refractivity (Wildman–Crippen MR) is 92.8 cm³/mol. The fourth-order valence-electron chi connectivity index (χ4n) is 2.48. The summed E-state index contributed by atoms with van der Waals surface area (Å²) in [6, 6.07) is 10.3. The molecule has 6 nitrogen and oxygen atoms in total. The van der Waals surface area contributed by atoms with Crippen LogP contribution in [-0.4, -0.2) is 15.4 Å². The molecular weight excluding hydrogens is 345 g/mol. The van der Waals surface area contributed by atoms with Crippen molar-refractivity contribution < 1.29 is 14.1 Å². The highest BCUT2D eigenvalue weighted by molar-refractivity contribution is 7.16. The van der Waals surface area contributed by atoms with Crippen LogP contribution < -0.4 is 4.80 Å². The van der Waals surface area contributed by atoms with Crippen LogP contribution in [0, 0.1) is 15.9 Å². The molecular formula is C17H14FN3O3S. The average Bonchev–Trinajstić information content (AvgIpc) is 2.92. The van der Waals surface area contributed by atoms with Gasteiger partial charge in [-0.15, -0.1) is 0 Å². The first-order valence-corrected chi connectivity index (χ1v) is 8.39. The van der Waals surface area contributed by atoms with Gasteiger partial charge in [-0.05, 0) is 30.7 Å². The third kappa shape index (κ3) is 3.63. The van der Waals surface area contributed by atoms with Gasteiger partial charge in [0.1, 0.15) is 5.82 Å². The summed E-state index contributed by atoms with van der Waals surface area (Å²) in [6.07, 6.45) is 0.0678. The highest BCUT2D eigenvalue weighted by Gasteiger charge is 2.12. The van der Waals surface area contributed by atoms with Crippen LogP contribution in [0.2, 0.25) is 0 Å². The van der Waals surface area contributed by atoms with Gasteiger partial charge in [-0.3, -0.25) is 14.9 Å². The van der Waals surface area contributed by atoms with Crippen molar-refractivity contribution in [3.05, 3.63) is 68.8 Å². The Morgan fingerprint density at radius 3 is 2.64 bits per heavy atom. The Morgan fingerprint density at radius 1 is 1.28 bits per heavy atom. The molecule has 1 aromatic heterocycles. The zero-order valence-corrected chi connectivity index (χ0v) is 14.1. The van der Waals surface area contributed by atoms with Gasteiger partial charge in [0.2, 0.25) is 0 Å². The molecule has 3 rings (SSSR count). The molecule has 0 saturated heterocycles. The average molecular weight is 359 g/mol. The van der Waals surface area contributed by atoms with Gasteiger partial charge in [0.05, 0.1) is 21.6 Å². The second kappa shape index (κ2) is 6.94. The molecule has 0 fully saturated rings. The summed E-state index contributed by atoms with van der Waals surface area (Å²) in [5, 5.41) is 11.0. The van der Waals surface area contributed by atoms with Gasteiger partial charge in [0.25, 0.3) is 11.6 Å². The number of nitro benzene ring substituents is 1. The number of benzene rings is 2. The first-order chi connectivity index (χ1) is 12.0. The Balaban J connectivity index is 1.98. The minimum Gasteiger partial charge on any atom is -0.316 e. The van der Waals surface area contributed by atoms with E-state index in [0.717, 1.165) is 4.70 Å². The number of thiazole rings is 1. The van der Waals surface area contributed by atoms with E-state index in [1.54, 1.807) is 22.8 Å². The van der Waals surface area contributed by atoms with Crippen molar-refractivity contribution in [2.75, 3.05) is 0 Å². The normalized spacial score (nSPS) is 11.8. The van der Waals surface area contributed by atoms with E-state index in [2.05, 4.69) is 4.99 Å². The van der Waals surface area contributed by atoms with E-state index < -0.39 is 4.92 Å². The van der Waals surface area contributed by atoms with Crippen LogP contribution in [0.3, 0.4) is 0 Å². The number of hydrogen-bond donors (Lipinski definition) is 0. The zero-order chi connectivity index (χ0) is 18.0. The molecule has 0 N–H and O–H groups in total. The van der Waals surface area contributed by atoms with Crippen molar-refractivity contribution in [2.24, 2.45) is 4.99 Å². The number of fused-ring (bicyclic) bond motifs is 1. The summed E-state index contributed by atoms with van der Waals surface area (Å²) in [7, 11) is 0. The quantitative estimate of drug-likeness (QED) is 0.529. The van der Waals surface area contributed by atoms with Crippen molar-refractivity contribution in [2.45, 2.75) is 19.9 Å². The van der Waals surface area contributed by atoms with Crippen LogP contribution >= 0.6 is 11.3 Å². The summed E-state index contributed by atoms with van der Waals surface area (Å²) in [4.78, 5) is 27.3. The summed E-state index contributed by atoms with van der Waals surface area (Å²) in [6.45, 7) is 2.41. The minimum atomic E-state index is -0.451. The molecule has 0 aliphatic carbocycles. The molecule has 0 spiro atoms. The minimum absolute atomic E-state index is 0.00307. The highest BCUT2D eigenvalue weighted by atomic mass is 32.1. The lowest BCUT2D eigenvalue weighted by molar-refractivity contribution is -0.384. The van der Waals surface area contributed by atoms with E-state index in [1.807, 2.05) is 6.92 Å². The number of hydrogen-bond acceptors (Lipinski definition) is 4. The van der Waals surface area contributed by atoms with Gasteiger partial charge < -0.3 is 4.57 Å². The molecule has 128 valence electrons. The molecule has 0 radical (unpaired) electrons. The SMILES string of the molecule is CCn1c(=NC(=O)Cc2ccc(F)cc2)sc2ccc([N+](=O)[O-])cc21. The number of carbonyl (C=O) groups is 1. The second-order valence-electron chi connectivity index (χ2n) is 5.35. The van der Waals surface area contributed by atoms with Gasteiger partial charge in [-0.2, -0.15) is 4.99 Å². The first kappa shape index (κ1) is 17.0. The van der Waals surface area contributed by atoms with Crippen LogP contribution in [0.5, 0.6) is 0 Å². The number of halogens is 1. The van der Waals surface area contributed by atoms with Crippen molar-refractivity contribution in [3.63, 3.8) is 0 Å². The van der Waals surface area contributed by atoms with E-state index in [-0.39, 0.29) is 23.8 Å². The predicted octanol–water partition coefficient (Wildman–Crippen LogP) is 3.44. The fraction of sp³-hybridized carbons (Fsp3) is 0.176. The van der Waals surface area contributed by atoms with Gasteiger partial charge in [0, 0.05) is 18.7 Å². The number of aryl methyl sites for hydroxylation is 1. The number of rotatable bonds is 4. The molecule has 0 aliphatic heterocycles. The van der Waals surface area contributed by atoms with E-state index >= 15 is 0 Å². The number of non-ortho nitro benzene ring substituents is 1. The molecule has 1 amide bonds. The smallest absolute Gasteiger partial charge is 0.271 e. The van der Waals surface area contributed by atoms with E-state index in [9.17, 15) is 19.3 Å². The molecule has 0 atom stereocenters. The molecule has 8 heteroatoms. The Hall–Kier alpha value is -2.87. The van der Waals surface area contributed by atoms with Crippen LogP contribution in [0.25, 0.3) is 10.2 Å². The zero-order valence-electron chi connectivity index (χ0n) is 13.3. The molecule has 0 unspecified atom stereocenters.